The smallest absolute Gasteiger partial charge is 0.271 e. The van der Waals surface area contributed by atoms with E-state index in [1.54, 1.807) is 6.07 Å². The topological polar surface area (TPSA) is 92.6 Å². The van der Waals surface area contributed by atoms with Crippen LogP contribution in [0.4, 0.5) is 5.69 Å². The number of nitro benzene ring substituents is 1. The lowest BCUT2D eigenvalue weighted by Crippen LogP contribution is -2.38. The van der Waals surface area contributed by atoms with E-state index in [2.05, 4.69) is 9.88 Å². The fraction of sp³-hybridized carbons (Fsp3) is 0.562. The number of aliphatic hydroxyl groups is 1. The highest BCUT2D eigenvalue weighted by Crippen LogP contribution is 2.26. The summed E-state index contributed by atoms with van der Waals surface area (Å²) in [6.07, 6.45) is 5.96. The normalized spacial score (nSPS) is 16.3. The SMILES string of the molecule is O=[N+]([O-])c1ccc2oc(CN(CCO)C3CCCCC3)nc2c1. The molecule has 1 aliphatic rings. The molecule has 1 aromatic carbocycles. The van der Waals surface area contributed by atoms with Crippen molar-refractivity contribution in [2.75, 3.05) is 13.2 Å². The van der Waals surface area contributed by atoms with Crippen molar-refractivity contribution >= 4 is 16.8 Å². The van der Waals surface area contributed by atoms with Crippen molar-refractivity contribution in [3.63, 3.8) is 0 Å². The maximum absolute atomic E-state index is 10.8. The van der Waals surface area contributed by atoms with E-state index in [9.17, 15) is 15.2 Å². The molecule has 0 aliphatic heterocycles. The molecule has 0 atom stereocenters. The Morgan fingerprint density at radius 3 is 2.83 bits per heavy atom. The maximum Gasteiger partial charge on any atom is 0.271 e. The summed E-state index contributed by atoms with van der Waals surface area (Å²) in [5.74, 6) is 0.541. The molecule has 0 bridgehead atoms. The van der Waals surface area contributed by atoms with Crippen LogP contribution in [-0.2, 0) is 6.54 Å². The van der Waals surface area contributed by atoms with Gasteiger partial charge >= 0.3 is 0 Å². The Hall–Kier alpha value is -1.99. The summed E-state index contributed by atoms with van der Waals surface area (Å²) >= 11 is 0. The van der Waals surface area contributed by atoms with E-state index in [0.29, 0.717) is 36.1 Å². The average Bonchev–Trinajstić information content (AvgIpc) is 2.96. The van der Waals surface area contributed by atoms with Gasteiger partial charge in [-0.2, -0.15) is 0 Å². The number of aromatic nitrogens is 1. The van der Waals surface area contributed by atoms with Crippen molar-refractivity contribution in [3.8, 4) is 0 Å². The molecule has 23 heavy (non-hydrogen) atoms. The van der Waals surface area contributed by atoms with Gasteiger partial charge in [0.2, 0.25) is 5.89 Å². The van der Waals surface area contributed by atoms with Crippen molar-refractivity contribution in [2.24, 2.45) is 0 Å². The van der Waals surface area contributed by atoms with Crippen molar-refractivity contribution in [1.29, 1.82) is 0 Å². The van der Waals surface area contributed by atoms with Gasteiger partial charge in [-0.25, -0.2) is 4.98 Å². The summed E-state index contributed by atoms with van der Waals surface area (Å²) in [6.45, 7) is 1.21. The minimum Gasteiger partial charge on any atom is -0.439 e. The molecular formula is C16H21N3O4. The van der Waals surface area contributed by atoms with Crippen molar-refractivity contribution in [1.82, 2.24) is 9.88 Å². The number of benzene rings is 1. The van der Waals surface area contributed by atoms with Crippen LogP contribution in [0.2, 0.25) is 0 Å². The van der Waals surface area contributed by atoms with Crippen LogP contribution in [-0.4, -0.2) is 39.1 Å². The van der Waals surface area contributed by atoms with Gasteiger partial charge in [0.05, 0.1) is 18.1 Å². The van der Waals surface area contributed by atoms with Crippen molar-refractivity contribution in [2.45, 2.75) is 44.7 Å². The van der Waals surface area contributed by atoms with Crippen molar-refractivity contribution in [3.05, 3.63) is 34.2 Å². The number of nitro groups is 1. The molecule has 1 N–H and O–H groups in total. The highest BCUT2D eigenvalue weighted by molar-refractivity contribution is 5.75. The van der Waals surface area contributed by atoms with E-state index in [0.717, 1.165) is 12.8 Å². The van der Waals surface area contributed by atoms with Gasteiger partial charge in [-0.1, -0.05) is 19.3 Å². The number of fused-ring (bicyclic) bond motifs is 1. The van der Waals surface area contributed by atoms with Gasteiger partial charge in [0.1, 0.15) is 5.52 Å². The second-order valence-electron chi connectivity index (χ2n) is 6.00. The lowest BCUT2D eigenvalue weighted by molar-refractivity contribution is -0.384. The lowest BCUT2D eigenvalue weighted by atomic mass is 9.94. The molecule has 1 aliphatic carbocycles. The van der Waals surface area contributed by atoms with Gasteiger partial charge in [0.15, 0.2) is 5.58 Å². The molecule has 124 valence electrons. The highest BCUT2D eigenvalue weighted by atomic mass is 16.6. The maximum atomic E-state index is 10.8. The molecule has 7 heteroatoms. The summed E-state index contributed by atoms with van der Waals surface area (Å²) in [7, 11) is 0. The first-order valence-electron chi connectivity index (χ1n) is 8.06. The molecule has 2 aromatic rings. The van der Waals surface area contributed by atoms with Crippen LogP contribution in [0.15, 0.2) is 22.6 Å². The van der Waals surface area contributed by atoms with Crippen LogP contribution in [0, 0.1) is 10.1 Å². The minimum atomic E-state index is -0.437. The summed E-state index contributed by atoms with van der Waals surface area (Å²) < 4.78 is 5.71. The molecule has 3 rings (SSSR count). The Kier molecular flexibility index (Phi) is 4.88. The van der Waals surface area contributed by atoms with E-state index in [4.69, 9.17) is 4.42 Å². The Morgan fingerprint density at radius 1 is 1.35 bits per heavy atom. The zero-order valence-corrected chi connectivity index (χ0v) is 13.0. The van der Waals surface area contributed by atoms with Crippen LogP contribution in [0.1, 0.15) is 38.0 Å². The molecular weight excluding hydrogens is 298 g/mol. The summed E-state index contributed by atoms with van der Waals surface area (Å²) in [6, 6.07) is 4.88. The first kappa shape index (κ1) is 15.9. The Balaban J connectivity index is 1.79. The largest absolute Gasteiger partial charge is 0.439 e. The first-order valence-corrected chi connectivity index (χ1v) is 8.06. The third-order valence-electron chi connectivity index (χ3n) is 4.44. The van der Waals surface area contributed by atoms with E-state index in [1.807, 2.05) is 0 Å². The average molecular weight is 319 g/mol. The van der Waals surface area contributed by atoms with Gasteiger partial charge in [0.25, 0.3) is 5.69 Å². The number of oxazole rings is 1. The van der Waals surface area contributed by atoms with Crippen molar-refractivity contribution < 1.29 is 14.4 Å². The highest BCUT2D eigenvalue weighted by Gasteiger charge is 2.23. The predicted molar refractivity (Wildman–Crippen MR) is 85.0 cm³/mol. The summed E-state index contributed by atoms with van der Waals surface area (Å²) in [5.41, 5.74) is 1.07. The second-order valence-corrected chi connectivity index (χ2v) is 6.00. The number of nitrogens with zero attached hydrogens (tertiary/aromatic N) is 3. The van der Waals surface area contributed by atoms with Gasteiger partial charge in [-0.05, 0) is 18.9 Å². The number of rotatable bonds is 6. The fourth-order valence-electron chi connectivity index (χ4n) is 3.28. The molecule has 1 fully saturated rings. The molecule has 1 heterocycles. The van der Waals surface area contributed by atoms with E-state index >= 15 is 0 Å². The summed E-state index contributed by atoms with van der Waals surface area (Å²) in [5, 5.41) is 20.1. The van der Waals surface area contributed by atoms with Gasteiger partial charge in [0, 0.05) is 24.7 Å². The molecule has 1 saturated carbocycles. The van der Waals surface area contributed by atoms with Crippen LogP contribution in [0.25, 0.3) is 11.1 Å². The number of non-ortho nitro benzene ring substituents is 1. The fourth-order valence-corrected chi connectivity index (χ4v) is 3.28. The number of aliphatic hydroxyl groups excluding tert-OH is 1. The Bertz CT molecular complexity index is 679. The molecule has 1 aromatic heterocycles. The minimum absolute atomic E-state index is 0.0110. The third-order valence-corrected chi connectivity index (χ3v) is 4.44. The molecule has 0 saturated heterocycles. The first-order chi connectivity index (χ1) is 11.2. The Labute approximate surface area is 134 Å². The van der Waals surface area contributed by atoms with E-state index < -0.39 is 4.92 Å². The zero-order chi connectivity index (χ0) is 16.2. The predicted octanol–water partition coefficient (Wildman–Crippen LogP) is 2.86. The monoisotopic (exact) mass is 319 g/mol. The lowest BCUT2D eigenvalue weighted by Gasteiger charge is -2.32. The number of hydrogen-bond donors (Lipinski definition) is 1. The van der Waals surface area contributed by atoms with Gasteiger partial charge in [-0.3, -0.25) is 15.0 Å². The van der Waals surface area contributed by atoms with Crippen LogP contribution in [0.3, 0.4) is 0 Å². The summed E-state index contributed by atoms with van der Waals surface area (Å²) in [4.78, 5) is 17.0. The van der Waals surface area contributed by atoms with E-state index in [-0.39, 0.29) is 12.3 Å². The number of hydrogen-bond acceptors (Lipinski definition) is 6. The standard InChI is InChI=1S/C16H21N3O4/c20-9-8-18(12-4-2-1-3-5-12)11-16-17-14-10-13(19(21)22)6-7-15(14)23-16/h6-7,10,12,20H,1-5,8-9,11H2. The Morgan fingerprint density at radius 2 is 2.13 bits per heavy atom. The van der Waals surface area contributed by atoms with Crippen LogP contribution >= 0.6 is 0 Å². The molecule has 0 amide bonds. The zero-order valence-electron chi connectivity index (χ0n) is 13.0. The van der Waals surface area contributed by atoms with Gasteiger partial charge in [-0.15, -0.1) is 0 Å². The van der Waals surface area contributed by atoms with Crippen LogP contribution < -0.4 is 0 Å². The molecule has 0 spiro atoms. The van der Waals surface area contributed by atoms with E-state index in [1.165, 1.54) is 31.4 Å². The third kappa shape index (κ3) is 3.68. The molecule has 0 radical (unpaired) electrons. The van der Waals surface area contributed by atoms with Crippen LogP contribution in [0.5, 0.6) is 0 Å². The van der Waals surface area contributed by atoms with Gasteiger partial charge < -0.3 is 9.52 Å². The second kappa shape index (κ2) is 7.06. The molecule has 7 nitrogen and oxygen atoms in total. The quantitative estimate of drug-likeness (QED) is 0.650. The molecule has 0 unspecified atom stereocenters.